The van der Waals surface area contributed by atoms with E-state index in [9.17, 15) is 0 Å². The molecule has 0 saturated carbocycles. The maximum atomic E-state index is 6.25. The molecule has 0 fully saturated rings. The van der Waals surface area contributed by atoms with Crippen molar-refractivity contribution in [1.29, 1.82) is 0 Å². The van der Waals surface area contributed by atoms with Crippen LogP contribution in [-0.2, 0) is 6.54 Å². The second-order valence-electron chi connectivity index (χ2n) is 4.27. The summed E-state index contributed by atoms with van der Waals surface area (Å²) < 4.78 is 3.18. The second kappa shape index (κ2) is 5.23. The molecule has 3 rings (SSSR count). The van der Waals surface area contributed by atoms with Gasteiger partial charge in [0.15, 0.2) is 0 Å². The third kappa shape index (κ3) is 2.55. The first-order valence-electron chi connectivity index (χ1n) is 5.82. The van der Waals surface area contributed by atoms with E-state index in [1.54, 1.807) is 11.3 Å². The topological polar surface area (TPSA) is 30.7 Å². The van der Waals surface area contributed by atoms with Crippen LogP contribution in [0, 0.1) is 0 Å². The number of nitrogens with zero attached hydrogens (tertiary/aromatic N) is 3. The smallest absolute Gasteiger partial charge is 0.128 e. The molecule has 0 saturated heterocycles. The Morgan fingerprint density at radius 3 is 3.00 bits per heavy atom. The van der Waals surface area contributed by atoms with Crippen LogP contribution in [-0.4, -0.2) is 14.5 Å². The SMILES string of the molecule is CC(Cl)c1nc2cc(Br)ccc2n1Cc1cncs1. The van der Waals surface area contributed by atoms with E-state index in [-0.39, 0.29) is 5.38 Å². The van der Waals surface area contributed by atoms with Crippen LogP contribution in [0.3, 0.4) is 0 Å². The second-order valence-corrected chi connectivity index (χ2v) is 6.81. The number of halogens is 2. The Kier molecular flexibility index (Phi) is 3.60. The molecule has 98 valence electrons. The van der Waals surface area contributed by atoms with Gasteiger partial charge in [0.05, 0.1) is 28.5 Å². The maximum absolute atomic E-state index is 6.25. The molecule has 0 amide bonds. The number of benzene rings is 1. The molecule has 1 atom stereocenters. The molecule has 19 heavy (non-hydrogen) atoms. The minimum atomic E-state index is -0.126. The summed E-state index contributed by atoms with van der Waals surface area (Å²) in [5.74, 6) is 0.892. The van der Waals surface area contributed by atoms with Gasteiger partial charge in [0.1, 0.15) is 5.82 Å². The zero-order valence-electron chi connectivity index (χ0n) is 10.2. The van der Waals surface area contributed by atoms with Crippen molar-refractivity contribution < 1.29 is 0 Å². The Balaban J connectivity index is 2.16. The first-order valence-corrected chi connectivity index (χ1v) is 7.93. The number of hydrogen-bond acceptors (Lipinski definition) is 3. The predicted octanol–water partition coefficient (Wildman–Crippen LogP) is 4.60. The Morgan fingerprint density at radius 1 is 1.47 bits per heavy atom. The number of fused-ring (bicyclic) bond motifs is 1. The van der Waals surface area contributed by atoms with E-state index in [1.165, 1.54) is 4.88 Å². The fourth-order valence-corrected chi connectivity index (χ4v) is 3.17. The molecular formula is C13H11BrClN3S. The molecule has 3 aromatic rings. The zero-order valence-corrected chi connectivity index (χ0v) is 13.3. The van der Waals surface area contributed by atoms with Crippen LogP contribution in [0.5, 0.6) is 0 Å². The molecule has 2 heterocycles. The molecule has 0 aliphatic heterocycles. The fourth-order valence-electron chi connectivity index (χ4n) is 2.07. The van der Waals surface area contributed by atoms with E-state index in [0.29, 0.717) is 0 Å². The summed E-state index contributed by atoms with van der Waals surface area (Å²) >= 11 is 11.4. The number of imidazole rings is 1. The van der Waals surface area contributed by atoms with E-state index < -0.39 is 0 Å². The highest BCUT2D eigenvalue weighted by Gasteiger charge is 2.15. The monoisotopic (exact) mass is 355 g/mol. The summed E-state index contributed by atoms with van der Waals surface area (Å²) in [6.07, 6.45) is 1.89. The maximum Gasteiger partial charge on any atom is 0.128 e. The van der Waals surface area contributed by atoms with Gasteiger partial charge in [0.25, 0.3) is 0 Å². The van der Waals surface area contributed by atoms with Crippen molar-refractivity contribution >= 4 is 49.9 Å². The van der Waals surface area contributed by atoms with Crippen molar-refractivity contribution in [2.75, 3.05) is 0 Å². The normalized spacial score (nSPS) is 13.0. The van der Waals surface area contributed by atoms with Crippen LogP contribution in [0.15, 0.2) is 34.4 Å². The molecule has 3 nitrogen and oxygen atoms in total. The van der Waals surface area contributed by atoms with Crippen LogP contribution in [0.4, 0.5) is 0 Å². The van der Waals surface area contributed by atoms with E-state index in [1.807, 2.05) is 30.8 Å². The van der Waals surface area contributed by atoms with Gasteiger partial charge in [0.2, 0.25) is 0 Å². The minimum Gasteiger partial charge on any atom is -0.321 e. The molecule has 1 unspecified atom stereocenters. The fraction of sp³-hybridized carbons (Fsp3) is 0.231. The van der Waals surface area contributed by atoms with Crippen LogP contribution >= 0.6 is 38.9 Å². The molecule has 2 aromatic heterocycles. The molecule has 0 spiro atoms. The quantitative estimate of drug-likeness (QED) is 0.642. The lowest BCUT2D eigenvalue weighted by Crippen LogP contribution is -2.04. The summed E-state index contributed by atoms with van der Waals surface area (Å²) in [7, 11) is 0. The van der Waals surface area contributed by atoms with Crippen LogP contribution in [0.2, 0.25) is 0 Å². The molecule has 0 radical (unpaired) electrons. The molecular weight excluding hydrogens is 346 g/mol. The Bertz CT molecular complexity index is 706. The van der Waals surface area contributed by atoms with Crippen LogP contribution < -0.4 is 0 Å². The van der Waals surface area contributed by atoms with Gasteiger partial charge in [-0.05, 0) is 25.1 Å². The lowest BCUT2D eigenvalue weighted by molar-refractivity contribution is 0.749. The lowest BCUT2D eigenvalue weighted by Gasteiger charge is -2.08. The average molecular weight is 357 g/mol. The van der Waals surface area contributed by atoms with Gasteiger partial charge in [-0.3, -0.25) is 4.98 Å². The first kappa shape index (κ1) is 13.1. The predicted molar refractivity (Wildman–Crippen MR) is 82.9 cm³/mol. The largest absolute Gasteiger partial charge is 0.321 e. The van der Waals surface area contributed by atoms with Crippen molar-refractivity contribution in [1.82, 2.24) is 14.5 Å². The van der Waals surface area contributed by atoms with Crippen molar-refractivity contribution in [3.8, 4) is 0 Å². The third-order valence-electron chi connectivity index (χ3n) is 2.89. The zero-order chi connectivity index (χ0) is 13.4. The molecule has 1 aromatic carbocycles. The highest BCUT2D eigenvalue weighted by Crippen LogP contribution is 2.27. The van der Waals surface area contributed by atoms with Gasteiger partial charge in [-0.15, -0.1) is 22.9 Å². The number of thiazole rings is 1. The third-order valence-corrected chi connectivity index (χ3v) is 4.35. The first-order chi connectivity index (χ1) is 9.15. The Hall–Kier alpha value is -0.910. The summed E-state index contributed by atoms with van der Waals surface area (Å²) in [6, 6.07) is 6.10. The molecule has 0 N–H and O–H groups in total. The average Bonchev–Trinajstić information content (AvgIpc) is 2.97. The Labute approximate surface area is 128 Å². The van der Waals surface area contributed by atoms with Crippen LogP contribution in [0.25, 0.3) is 11.0 Å². The van der Waals surface area contributed by atoms with Gasteiger partial charge in [-0.1, -0.05) is 15.9 Å². The standard InChI is InChI=1S/C13H11BrClN3S/c1-8(15)13-17-11-4-9(14)2-3-12(11)18(13)6-10-5-16-7-19-10/h2-5,7-8H,6H2,1H3. The van der Waals surface area contributed by atoms with Crippen LogP contribution in [0.1, 0.15) is 23.0 Å². The summed E-state index contributed by atoms with van der Waals surface area (Å²) in [4.78, 5) is 9.95. The van der Waals surface area contributed by atoms with E-state index in [0.717, 1.165) is 27.9 Å². The molecule has 6 heteroatoms. The number of alkyl halides is 1. The minimum absolute atomic E-state index is 0.126. The van der Waals surface area contributed by atoms with Crippen molar-refractivity contribution in [2.45, 2.75) is 18.8 Å². The van der Waals surface area contributed by atoms with Gasteiger partial charge in [0, 0.05) is 15.5 Å². The summed E-state index contributed by atoms with van der Waals surface area (Å²) in [5.41, 5.74) is 3.90. The van der Waals surface area contributed by atoms with E-state index >= 15 is 0 Å². The van der Waals surface area contributed by atoms with Gasteiger partial charge >= 0.3 is 0 Å². The van der Waals surface area contributed by atoms with Gasteiger partial charge in [-0.25, -0.2) is 4.98 Å². The highest BCUT2D eigenvalue weighted by atomic mass is 79.9. The summed E-state index contributed by atoms with van der Waals surface area (Å²) in [6.45, 7) is 2.70. The van der Waals surface area contributed by atoms with E-state index in [4.69, 9.17) is 11.6 Å². The highest BCUT2D eigenvalue weighted by molar-refractivity contribution is 9.10. The van der Waals surface area contributed by atoms with Gasteiger partial charge < -0.3 is 4.57 Å². The molecule has 0 aliphatic carbocycles. The summed E-state index contributed by atoms with van der Waals surface area (Å²) in [5, 5.41) is -0.126. The van der Waals surface area contributed by atoms with Gasteiger partial charge in [-0.2, -0.15) is 0 Å². The van der Waals surface area contributed by atoms with Crippen molar-refractivity contribution in [3.63, 3.8) is 0 Å². The Morgan fingerprint density at radius 2 is 2.32 bits per heavy atom. The van der Waals surface area contributed by atoms with E-state index in [2.05, 4.69) is 36.5 Å². The lowest BCUT2D eigenvalue weighted by atomic mass is 10.3. The van der Waals surface area contributed by atoms with Crippen molar-refractivity contribution in [3.05, 3.63) is 45.1 Å². The van der Waals surface area contributed by atoms with Crippen molar-refractivity contribution in [2.24, 2.45) is 0 Å². The molecule has 0 bridgehead atoms. The molecule has 0 aliphatic rings. The number of aromatic nitrogens is 3. The number of rotatable bonds is 3. The number of hydrogen-bond donors (Lipinski definition) is 0.